The smallest absolute Gasteiger partial charge is 0.338 e. The van der Waals surface area contributed by atoms with Crippen LogP contribution >= 0.6 is 0 Å². The predicted molar refractivity (Wildman–Crippen MR) is 118 cm³/mol. The van der Waals surface area contributed by atoms with Gasteiger partial charge in [-0.25, -0.2) is 4.79 Å². The Morgan fingerprint density at radius 2 is 1.88 bits per heavy atom. The van der Waals surface area contributed by atoms with Gasteiger partial charge < -0.3 is 23.9 Å². The van der Waals surface area contributed by atoms with Crippen LogP contribution in [0.3, 0.4) is 0 Å². The topological polar surface area (TPSA) is 111 Å². The van der Waals surface area contributed by atoms with E-state index >= 15 is 0 Å². The van der Waals surface area contributed by atoms with E-state index in [1.165, 1.54) is 6.08 Å². The maximum absolute atomic E-state index is 12.5. The van der Waals surface area contributed by atoms with E-state index in [0.29, 0.717) is 35.2 Å². The van der Waals surface area contributed by atoms with Crippen LogP contribution in [0.4, 0.5) is 0 Å². The van der Waals surface area contributed by atoms with Crippen molar-refractivity contribution >= 4 is 18.0 Å². The summed E-state index contributed by atoms with van der Waals surface area (Å²) in [6, 6.07) is 17.4. The molecular formula is C25H20N2O6. The van der Waals surface area contributed by atoms with E-state index in [9.17, 15) is 14.9 Å². The van der Waals surface area contributed by atoms with Crippen molar-refractivity contribution in [2.75, 3.05) is 13.4 Å². The summed E-state index contributed by atoms with van der Waals surface area (Å²) in [6.45, 7) is 2.45. The Balaban J connectivity index is 1.41. The van der Waals surface area contributed by atoms with Crippen molar-refractivity contribution in [3.63, 3.8) is 0 Å². The number of hydrogen-bond acceptors (Lipinski definition) is 7. The number of furan rings is 1. The van der Waals surface area contributed by atoms with Crippen LogP contribution in [-0.2, 0) is 16.1 Å². The SMILES string of the molecule is CCOC(=O)c1ccc(-c2ccc(C=C(C#N)C(=O)NCc3ccc4c(c3)OCO4)o2)cc1. The summed E-state index contributed by atoms with van der Waals surface area (Å²) in [7, 11) is 0. The molecule has 2 heterocycles. The van der Waals surface area contributed by atoms with Crippen LogP contribution in [0.15, 0.2) is 64.6 Å². The van der Waals surface area contributed by atoms with E-state index in [0.717, 1.165) is 11.1 Å². The van der Waals surface area contributed by atoms with E-state index in [1.807, 2.05) is 12.1 Å². The first-order valence-electron chi connectivity index (χ1n) is 10.2. The fraction of sp³-hybridized carbons (Fsp3) is 0.160. The summed E-state index contributed by atoms with van der Waals surface area (Å²) >= 11 is 0. The highest BCUT2D eigenvalue weighted by Crippen LogP contribution is 2.32. The number of carbonyl (C=O) groups is 2. The van der Waals surface area contributed by atoms with Crippen LogP contribution in [0.5, 0.6) is 11.5 Å². The number of nitrogens with zero attached hydrogens (tertiary/aromatic N) is 1. The summed E-state index contributed by atoms with van der Waals surface area (Å²) in [5, 5.41) is 12.1. The minimum Gasteiger partial charge on any atom is -0.462 e. The third kappa shape index (κ3) is 5.05. The molecule has 4 rings (SSSR count). The summed E-state index contributed by atoms with van der Waals surface area (Å²) in [6.07, 6.45) is 1.38. The zero-order valence-electron chi connectivity index (χ0n) is 17.8. The Kier molecular flexibility index (Phi) is 6.41. The number of amides is 1. The van der Waals surface area contributed by atoms with E-state index in [2.05, 4.69) is 5.32 Å². The summed E-state index contributed by atoms with van der Waals surface area (Å²) < 4.78 is 21.3. The monoisotopic (exact) mass is 444 g/mol. The predicted octanol–water partition coefficient (Wildman–Crippen LogP) is 4.08. The Labute approximate surface area is 190 Å². The van der Waals surface area contributed by atoms with Crippen LogP contribution in [0.2, 0.25) is 0 Å². The quantitative estimate of drug-likeness (QED) is 0.332. The molecule has 0 saturated carbocycles. The Morgan fingerprint density at radius 3 is 2.64 bits per heavy atom. The normalized spacial score (nSPS) is 12.2. The van der Waals surface area contributed by atoms with Gasteiger partial charge in [0.05, 0.1) is 12.2 Å². The van der Waals surface area contributed by atoms with E-state index in [4.69, 9.17) is 18.6 Å². The molecule has 1 aliphatic heterocycles. The van der Waals surface area contributed by atoms with Crippen molar-refractivity contribution in [3.8, 4) is 28.9 Å². The third-order valence-corrected chi connectivity index (χ3v) is 4.85. The molecule has 0 unspecified atom stereocenters. The number of nitriles is 1. The van der Waals surface area contributed by atoms with Gasteiger partial charge in [-0.1, -0.05) is 18.2 Å². The lowest BCUT2D eigenvalue weighted by atomic mass is 10.1. The first-order valence-corrected chi connectivity index (χ1v) is 10.2. The molecule has 0 radical (unpaired) electrons. The zero-order chi connectivity index (χ0) is 23.2. The van der Waals surface area contributed by atoms with Gasteiger partial charge in [0.2, 0.25) is 6.79 Å². The number of fused-ring (bicyclic) bond motifs is 1. The van der Waals surface area contributed by atoms with Crippen molar-refractivity contribution < 1.29 is 28.2 Å². The summed E-state index contributed by atoms with van der Waals surface area (Å²) in [4.78, 5) is 24.2. The van der Waals surface area contributed by atoms with E-state index in [-0.39, 0.29) is 18.9 Å². The lowest BCUT2D eigenvalue weighted by Crippen LogP contribution is -2.23. The molecule has 1 N–H and O–H groups in total. The number of rotatable bonds is 7. The molecule has 1 aliphatic rings. The molecule has 2 aromatic carbocycles. The van der Waals surface area contributed by atoms with Crippen LogP contribution in [0, 0.1) is 11.3 Å². The number of benzene rings is 2. The van der Waals surface area contributed by atoms with Crippen molar-refractivity contribution in [2.24, 2.45) is 0 Å². The molecule has 1 aromatic heterocycles. The van der Waals surface area contributed by atoms with Crippen molar-refractivity contribution in [1.29, 1.82) is 5.26 Å². The van der Waals surface area contributed by atoms with Gasteiger partial charge >= 0.3 is 5.97 Å². The summed E-state index contributed by atoms with van der Waals surface area (Å²) in [5.74, 6) is 1.26. The molecule has 0 aliphatic carbocycles. The van der Waals surface area contributed by atoms with Gasteiger partial charge in [-0.05, 0) is 48.9 Å². The molecule has 8 heteroatoms. The maximum Gasteiger partial charge on any atom is 0.338 e. The van der Waals surface area contributed by atoms with E-state index < -0.39 is 11.9 Å². The molecule has 8 nitrogen and oxygen atoms in total. The van der Waals surface area contributed by atoms with Crippen LogP contribution < -0.4 is 14.8 Å². The molecule has 33 heavy (non-hydrogen) atoms. The number of hydrogen-bond donors (Lipinski definition) is 1. The number of carbonyl (C=O) groups excluding carboxylic acids is 2. The van der Waals surface area contributed by atoms with Crippen molar-refractivity contribution in [2.45, 2.75) is 13.5 Å². The molecule has 0 bridgehead atoms. The van der Waals surface area contributed by atoms with Crippen molar-refractivity contribution in [1.82, 2.24) is 5.32 Å². The highest BCUT2D eigenvalue weighted by atomic mass is 16.7. The highest BCUT2D eigenvalue weighted by Gasteiger charge is 2.15. The zero-order valence-corrected chi connectivity index (χ0v) is 17.8. The first kappa shape index (κ1) is 21.7. The van der Waals surface area contributed by atoms with Gasteiger partial charge in [0.25, 0.3) is 5.91 Å². The molecular weight excluding hydrogens is 424 g/mol. The second-order valence-corrected chi connectivity index (χ2v) is 7.04. The minimum atomic E-state index is -0.521. The molecule has 0 atom stereocenters. The van der Waals surface area contributed by atoms with Crippen molar-refractivity contribution in [3.05, 3.63) is 77.1 Å². The highest BCUT2D eigenvalue weighted by molar-refractivity contribution is 6.01. The second-order valence-electron chi connectivity index (χ2n) is 7.04. The second kappa shape index (κ2) is 9.75. The van der Waals surface area contributed by atoms with Gasteiger partial charge in [0.1, 0.15) is 23.2 Å². The van der Waals surface area contributed by atoms with Gasteiger partial charge in [0, 0.05) is 18.2 Å². The van der Waals surface area contributed by atoms with Crippen LogP contribution in [-0.4, -0.2) is 25.3 Å². The molecule has 0 spiro atoms. The first-order chi connectivity index (χ1) is 16.1. The molecule has 166 valence electrons. The minimum absolute atomic E-state index is 0.0886. The molecule has 3 aromatic rings. The largest absolute Gasteiger partial charge is 0.462 e. The lowest BCUT2D eigenvalue weighted by Gasteiger charge is -2.05. The fourth-order valence-corrected chi connectivity index (χ4v) is 3.19. The van der Waals surface area contributed by atoms with Crippen LogP contribution in [0.25, 0.3) is 17.4 Å². The third-order valence-electron chi connectivity index (χ3n) is 4.85. The molecule has 0 fully saturated rings. The van der Waals surface area contributed by atoms with Gasteiger partial charge in [-0.15, -0.1) is 0 Å². The maximum atomic E-state index is 12.5. The van der Waals surface area contributed by atoms with Gasteiger partial charge in [0.15, 0.2) is 11.5 Å². The average Bonchev–Trinajstić information content (AvgIpc) is 3.50. The summed E-state index contributed by atoms with van der Waals surface area (Å²) in [5.41, 5.74) is 1.91. The van der Waals surface area contributed by atoms with Gasteiger partial charge in [-0.3, -0.25) is 4.79 Å². The lowest BCUT2D eigenvalue weighted by molar-refractivity contribution is -0.117. The van der Waals surface area contributed by atoms with Crippen LogP contribution in [0.1, 0.15) is 28.6 Å². The average molecular weight is 444 g/mol. The standard InChI is InChI=1S/C25H20N2O6/c1-2-30-25(29)18-6-4-17(5-7-18)21-10-8-20(33-21)12-19(13-26)24(28)27-14-16-3-9-22-23(11-16)32-15-31-22/h3-12H,2,14-15H2,1H3,(H,27,28). The fourth-order valence-electron chi connectivity index (χ4n) is 3.19. The van der Waals surface area contributed by atoms with E-state index in [1.54, 1.807) is 55.5 Å². The van der Waals surface area contributed by atoms with Gasteiger partial charge in [-0.2, -0.15) is 5.26 Å². The molecule has 1 amide bonds. The Hall–Kier alpha value is -4.51. The Morgan fingerprint density at radius 1 is 1.09 bits per heavy atom. The number of esters is 1. The molecule has 0 saturated heterocycles. The Bertz CT molecular complexity index is 1250. The number of nitrogens with one attached hydrogen (secondary N) is 1. The number of ether oxygens (including phenoxy) is 3.